The molecule has 2 amide bonds. The van der Waals surface area contributed by atoms with E-state index in [1.54, 1.807) is 24.3 Å². The standard InChI is InChI=1S/C18H19N3O3/c1-20(2)15-7-4-13(5-8-15)17(22)19-14-6-3-12-9-10-21(18(23)24)16(12)11-14/h3-8,11H,9-10H2,1-2H3,(H,19,22)(H,23,24). The normalized spacial score (nSPS) is 12.7. The Labute approximate surface area is 140 Å². The van der Waals surface area contributed by atoms with Gasteiger partial charge in [-0.05, 0) is 48.4 Å². The summed E-state index contributed by atoms with van der Waals surface area (Å²) < 4.78 is 0. The number of anilines is 3. The number of amides is 2. The van der Waals surface area contributed by atoms with Gasteiger partial charge in [-0.1, -0.05) is 6.07 Å². The SMILES string of the molecule is CN(C)c1ccc(C(=O)Nc2ccc3c(c2)N(C(=O)O)CC3)cc1. The fourth-order valence-electron chi connectivity index (χ4n) is 2.77. The van der Waals surface area contributed by atoms with Crippen LogP contribution >= 0.6 is 0 Å². The van der Waals surface area contributed by atoms with E-state index in [1.165, 1.54) is 4.90 Å². The molecular formula is C18H19N3O3. The van der Waals surface area contributed by atoms with Crippen LogP contribution in [0.1, 0.15) is 15.9 Å². The molecule has 0 aromatic heterocycles. The van der Waals surface area contributed by atoms with Gasteiger partial charge in [-0.3, -0.25) is 9.69 Å². The van der Waals surface area contributed by atoms with Crippen LogP contribution in [0.3, 0.4) is 0 Å². The van der Waals surface area contributed by atoms with Crippen molar-refractivity contribution in [3.8, 4) is 0 Å². The Hall–Kier alpha value is -3.02. The lowest BCUT2D eigenvalue weighted by atomic mass is 10.1. The van der Waals surface area contributed by atoms with E-state index in [1.807, 2.05) is 37.2 Å². The van der Waals surface area contributed by atoms with Gasteiger partial charge in [0.25, 0.3) is 5.91 Å². The van der Waals surface area contributed by atoms with Crippen LogP contribution in [0.2, 0.25) is 0 Å². The predicted octanol–water partition coefficient (Wildman–Crippen LogP) is 3.05. The third-order valence-corrected chi connectivity index (χ3v) is 4.12. The molecule has 0 bridgehead atoms. The van der Waals surface area contributed by atoms with Crippen molar-refractivity contribution in [3.05, 3.63) is 53.6 Å². The minimum Gasteiger partial charge on any atom is -0.465 e. The molecule has 0 saturated carbocycles. The average Bonchev–Trinajstić information content (AvgIpc) is 2.98. The molecule has 0 aliphatic carbocycles. The van der Waals surface area contributed by atoms with Gasteiger partial charge in [-0.25, -0.2) is 4.79 Å². The highest BCUT2D eigenvalue weighted by atomic mass is 16.4. The Bertz CT molecular complexity index is 785. The van der Waals surface area contributed by atoms with Crippen LogP contribution in [0.15, 0.2) is 42.5 Å². The summed E-state index contributed by atoms with van der Waals surface area (Å²) >= 11 is 0. The summed E-state index contributed by atoms with van der Waals surface area (Å²) in [7, 11) is 3.88. The first-order valence-electron chi connectivity index (χ1n) is 7.68. The van der Waals surface area contributed by atoms with Gasteiger partial charge in [-0.15, -0.1) is 0 Å². The molecule has 0 saturated heterocycles. The molecule has 1 heterocycles. The molecular weight excluding hydrogens is 306 g/mol. The zero-order chi connectivity index (χ0) is 17.3. The van der Waals surface area contributed by atoms with Crippen LogP contribution in [-0.4, -0.2) is 37.7 Å². The van der Waals surface area contributed by atoms with Crippen molar-refractivity contribution >= 4 is 29.1 Å². The van der Waals surface area contributed by atoms with Gasteiger partial charge in [0.2, 0.25) is 0 Å². The van der Waals surface area contributed by atoms with Crippen LogP contribution in [0, 0.1) is 0 Å². The van der Waals surface area contributed by atoms with E-state index in [4.69, 9.17) is 0 Å². The number of hydrogen-bond donors (Lipinski definition) is 2. The van der Waals surface area contributed by atoms with E-state index >= 15 is 0 Å². The van der Waals surface area contributed by atoms with E-state index in [2.05, 4.69) is 5.32 Å². The van der Waals surface area contributed by atoms with E-state index in [-0.39, 0.29) is 5.91 Å². The molecule has 0 spiro atoms. The van der Waals surface area contributed by atoms with E-state index in [0.29, 0.717) is 29.9 Å². The largest absolute Gasteiger partial charge is 0.465 e. The summed E-state index contributed by atoms with van der Waals surface area (Å²) in [5.41, 5.74) is 3.77. The molecule has 2 aromatic carbocycles. The van der Waals surface area contributed by atoms with Gasteiger partial charge < -0.3 is 15.3 Å². The number of benzene rings is 2. The Balaban J connectivity index is 1.78. The summed E-state index contributed by atoms with van der Waals surface area (Å²) in [5, 5.41) is 12.0. The number of carboxylic acid groups (broad SMARTS) is 1. The minimum absolute atomic E-state index is 0.222. The number of carbonyl (C=O) groups excluding carboxylic acids is 1. The zero-order valence-electron chi connectivity index (χ0n) is 13.6. The van der Waals surface area contributed by atoms with Crippen molar-refractivity contribution in [1.82, 2.24) is 0 Å². The first-order chi connectivity index (χ1) is 11.5. The van der Waals surface area contributed by atoms with Gasteiger partial charge in [0.1, 0.15) is 0 Å². The van der Waals surface area contributed by atoms with Gasteiger partial charge in [0.05, 0.1) is 5.69 Å². The Kier molecular flexibility index (Phi) is 4.12. The molecule has 0 fully saturated rings. The number of hydrogen-bond acceptors (Lipinski definition) is 3. The number of nitrogens with zero attached hydrogens (tertiary/aromatic N) is 2. The highest BCUT2D eigenvalue weighted by molar-refractivity contribution is 6.05. The van der Waals surface area contributed by atoms with Crippen molar-refractivity contribution in [2.24, 2.45) is 0 Å². The predicted molar refractivity (Wildman–Crippen MR) is 94.2 cm³/mol. The Morgan fingerprint density at radius 1 is 1.12 bits per heavy atom. The molecule has 6 heteroatoms. The van der Waals surface area contributed by atoms with Crippen LogP contribution < -0.4 is 15.1 Å². The molecule has 24 heavy (non-hydrogen) atoms. The molecule has 2 aromatic rings. The second-order valence-corrected chi connectivity index (χ2v) is 5.92. The lowest BCUT2D eigenvalue weighted by Crippen LogP contribution is -2.26. The van der Waals surface area contributed by atoms with Gasteiger partial charge in [0, 0.05) is 37.6 Å². The summed E-state index contributed by atoms with van der Waals surface area (Å²) in [6.07, 6.45) is -0.279. The molecule has 124 valence electrons. The van der Waals surface area contributed by atoms with Gasteiger partial charge in [-0.2, -0.15) is 0 Å². The fourth-order valence-corrected chi connectivity index (χ4v) is 2.77. The van der Waals surface area contributed by atoms with E-state index in [9.17, 15) is 14.7 Å². The third kappa shape index (κ3) is 3.03. The first kappa shape index (κ1) is 15.9. The van der Waals surface area contributed by atoms with Gasteiger partial charge >= 0.3 is 6.09 Å². The summed E-state index contributed by atoms with van der Waals surface area (Å²) in [4.78, 5) is 26.9. The Morgan fingerprint density at radius 3 is 2.46 bits per heavy atom. The second-order valence-electron chi connectivity index (χ2n) is 5.92. The number of rotatable bonds is 3. The molecule has 1 aliphatic heterocycles. The summed E-state index contributed by atoms with van der Waals surface area (Å²) in [5.74, 6) is -0.222. The molecule has 0 radical (unpaired) electrons. The van der Waals surface area contributed by atoms with Crippen molar-refractivity contribution < 1.29 is 14.7 Å². The molecule has 2 N–H and O–H groups in total. The number of fused-ring (bicyclic) bond motifs is 1. The quantitative estimate of drug-likeness (QED) is 0.910. The highest BCUT2D eigenvalue weighted by Gasteiger charge is 2.24. The van der Waals surface area contributed by atoms with Crippen molar-refractivity contribution in [3.63, 3.8) is 0 Å². The maximum Gasteiger partial charge on any atom is 0.411 e. The van der Waals surface area contributed by atoms with Crippen LogP contribution in [-0.2, 0) is 6.42 Å². The second kappa shape index (κ2) is 6.23. The fraction of sp³-hybridized carbons (Fsp3) is 0.222. The maximum absolute atomic E-state index is 12.4. The lowest BCUT2D eigenvalue weighted by molar-refractivity contribution is 0.102. The summed E-state index contributed by atoms with van der Waals surface area (Å²) in [6.45, 7) is 0.452. The maximum atomic E-state index is 12.4. The smallest absolute Gasteiger partial charge is 0.411 e. The van der Waals surface area contributed by atoms with Crippen LogP contribution in [0.25, 0.3) is 0 Å². The molecule has 6 nitrogen and oxygen atoms in total. The minimum atomic E-state index is -0.975. The molecule has 0 unspecified atom stereocenters. The molecule has 3 rings (SSSR count). The molecule has 1 aliphatic rings. The topological polar surface area (TPSA) is 72.9 Å². The van der Waals surface area contributed by atoms with Gasteiger partial charge in [0.15, 0.2) is 0 Å². The average molecular weight is 325 g/mol. The Morgan fingerprint density at radius 2 is 1.83 bits per heavy atom. The highest BCUT2D eigenvalue weighted by Crippen LogP contribution is 2.31. The lowest BCUT2D eigenvalue weighted by Gasteiger charge is -2.15. The zero-order valence-corrected chi connectivity index (χ0v) is 13.6. The number of nitrogens with one attached hydrogen (secondary N) is 1. The van der Waals surface area contributed by atoms with E-state index < -0.39 is 6.09 Å². The molecule has 0 atom stereocenters. The van der Waals surface area contributed by atoms with E-state index in [0.717, 1.165) is 11.3 Å². The third-order valence-electron chi connectivity index (χ3n) is 4.12. The van der Waals surface area contributed by atoms with Crippen molar-refractivity contribution in [1.29, 1.82) is 0 Å². The van der Waals surface area contributed by atoms with Crippen molar-refractivity contribution in [2.75, 3.05) is 35.8 Å². The first-order valence-corrected chi connectivity index (χ1v) is 7.68. The monoisotopic (exact) mass is 325 g/mol. The van der Waals surface area contributed by atoms with Crippen molar-refractivity contribution in [2.45, 2.75) is 6.42 Å². The van der Waals surface area contributed by atoms with Crippen LogP contribution in [0.5, 0.6) is 0 Å². The number of carbonyl (C=O) groups is 2. The summed E-state index contributed by atoms with van der Waals surface area (Å²) in [6, 6.07) is 12.7. The van der Waals surface area contributed by atoms with Crippen LogP contribution in [0.4, 0.5) is 21.9 Å².